The molecule has 0 saturated heterocycles. The van der Waals surface area contributed by atoms with Crippen molar-refractivity contribution in [1.82, 2.24) is 30.6 Å². The summed E-state index contributed by atoms with van der Waals surface area (Å²) in [5.74, 6) is 0.684. The second-order valence-electron chi connectivity index (χ2n) is 12.8. The van der Waals surface area contributed by atoms with E-state index in [1.165, 1.54) is 0 Å². The minimum Gasteiger partial charge on any atom is -0.373 e. The lowest BCUT2D eigenvalue weighted by atomic mass is 10.1. The summed E-state index contributed by atoms with van der Waals surface area (Å²) in [6.45, 7) is 10.1. The standard InChI is InChI=1S/C24H24N4O2.C22H20N4O2/c1-3-12-25-23(29)20-9-6-8-19(16-20)22-11-13-26-24(28-22)27-21-10-5-7-18(15-21)17-30-14-4-2;27-21-18-7-4-6-17(14-18)20-9-11-24-22(26-20)25-19-8-3-5-16(13-19)15-28-12-2-1-10-23-21/h3-11,13,15-16H,1-2,12,14,17H2,(H,25,29)(H,26,27,28);1-9,11,13-14H,10,12,15H2,(H,23,27)(H,24,25,26)/b;2-1+. The molecule has 1 aliphatic rings. The molecule has 12 nitrogen and oxygen atoms in total. The fourth-order valence-electron chi connectivity index (χ4n) is 5.71. The topological polar surface area (TPSA) is 152 Å². The summed E-state index contributed by atoms with van der Waals surface area (Å²) in [6.07, 6.45) is 10.5. The Bertz CT molecular complexity index is 2380. The molecule has 0 fully saturated rings. The van der Waals surface area contributed by atoms with Crippen molar-refractivity contribution in [2.75, 3.05) is 36.9 Å². The third-order valence-corrected chi connectivity index (χ3v) is 8.46. The van der Waals surface area contributed by atoms with E-state index in [4.69, 9.17) is 9.47 Å². The highest BCUT2D eigenvalue weighted by Gasteiger charge is 2.10. The van der Waals surface area contributed by atoms with Crippen LogP contribution in [-0.4, -0.2) is 58.1 Å². The van der Waals surface area contributed by atoms with Gasteiger partial charge in [0, 0.05) is 59.1 Å². The molecule has 4 N–H and O–H groups in total. The van der Waals surface area contributed by atoms with Crippen LogP contribution in [0, 0.1) is 0 Å². The molecule has 6 bridgehead atoms. The molecule has 0 saturated carbocycles. The first-order valence-electron chi connectivity index (χ1n) is 18.6. The molecule has 7 rings (SSSR count). The normalized spacial score (nSPS) is 12.8. The lowest BCUT2D eigenvalue weighted by Gasteiger charge is -2.10. The van der Waals surface area contributed by atoms with Crippen LogP contribution in [-0.2, 0) is 22.7 Å². The smallest absolute Gasteiger partial charge is 0.251 e. The number of hydrogen-bond donors (Lipinski definition) is 4. The summed E-state index contributed by atoms with van der Waals surface area (Å²) < 4.78 is 11.2. The van der Waals surface area contributed by atoms with E-state index in [0.29, 0.717) is 62.5 Å². The predicted octanol–water partition coefficient (Wildman–Crippen LogP) is 8.21. The largest absolute Gasteiger partial charge is 0.373 e. The highest BCUT2D eigenvalue weighted by atomic mass is 16.5. The maximum Gasteiger partial charge on any atom is 0.251 e. The number of fused-ring (bicyclic) bond motifs is 7. The van der Waals surface area contributed by atoms with E-state index in [-0.39, 0.29) is 11.8 Å². The van der Waals surface area contributed by atoms with Crippen LogP contribution in [0.2, 0.25) is 0 Å². The van der Waals surface area contributed by atoms with Crippen LogP contribution < -0.4 is 21.3 Å². The summed E-state index contributed by atoms with van der Waals surface area (Å²) in [5.41, 5.74) is 8.15. The highest BCUT2D eigenvalue weighted by Crippen LogP contribution is 2.23. The molecule has 0 spiro atoms. The van der Waals surface area contributed by atoms with E-state index in [0.717, 1.165) is 45.0 Å². The summed E-state index contributed by atoms with van der Waals surface area (Å²) in [7, 11) is 0. The van der Waals surface area contributed by atoms with Crippen molar-refractivity contribution in [1.29, 1.82) is 0 Å². The van der Waals surface area contributed by atoms with E-state index < -0.39 is 0 Å². The fourth-order valence-corrected chi connectivity index (χ4v) is 5.71. The summed E-state index contributed by atoms with van der Waals surface area (Å²) in [4.78, 5) is 42.4. The number of amides is 2. The van der Waals surface area contributed by atoms with E-state index in [1.807, 2.05) is 109 Å². The van der Waals surface area contributed by atoms with Crippen molar-refractivity contribution in [3.05, 3.63) is 181 Å². The van der Waals surface area contributed by atoms with Crippen molar-refractivity contribution in [2.24, 2.45) is 0 Å². The van der Waals surface area contributed by atoms with Crippen molar-refractivity contribution >= 4 is 35.1 Å². The molecule has 2 amide bonds. The Hall–Kier alpha value is -7.28. The van der Waals surface area contributed by atoms with Gasteiger partial charge in [0.25, 0.3) is 11.8 Å². The van der Waals surface area contributed by atoms with Crippen LogP contribution in [0.25, 0.3) is 22.5 Å². The van der Waals surface area contributed by atoms with E-state index in [2.05, 4.69) is 54.4 Å². The second-order valence-corrected chi connectivity index (χ2v) is 12.8. The molecular weight excluding hydrogens is 729 g/mol. The van der Waals surface area contributed by atoms with E-state index >= 15 is 0 Å². The van der Waals surface area contributed by atoms with Gasteiger partial charge in [-0.2, -0.15) is 0 Å². The van der Waals surface area contributed by atoms with Crippen molar-refractivity contribution in [2.45, 2.75) is 13.2 Å². The molecule has 1 aliphatic heterocycles. The van der Waals surface area contributed by atoms with Gasteiger partial charge in [-0.3, -0.25) is 9.59 Å². The van der Waals surface area contributed by atoms with Gasteiger partial charge in [0.05, 0.1) is 37.8 Å². The number of ether oxygens (including phenoxy) is 2. The molecule has 4 aromatic carbocycles. The maximum absolute atomic E-state index is 12.4. The third-order valence-electron chi connectivity index (χ3n) is 8.46. The van der Waals surface area contributed by atoms with E-state index in [9.17, 15) is 9.59 Å². The van der Waals surface area contributed by atoms with Gasteiger partial charge in [0.2, 0.25) is 11.9 Å². The highest BCUT2D eigenvalue weighted by molar-refractivity contribution is 5.96. The number of rotatable bonds is 10. The SMILES string of the molecule is C=CCNC(=O)c1cccc(-c2ccnc(Nc3cccc(COCC=C)c3)n2)c1.O=C1NC/C=C/COCc2cccc(c2)Nc2nccc(n2)-c2cccc1c2. The van der Waals surface area contributed by atoms with Gasteiger partial charge in [0.15, 0.2) is 0 Å². The zero-order chi connectivity index (χ0) is 40.4. The third kappa shape index (κ3) is 12.1. The quantitative estimate of drug-likeness (QED) is 0.0792. The van der Waals surface area contributed by atoms with Crippen LogP contribution in [0.3, 0.4) is 0 Å². The Kier molecular flexibility index (Phi) is 14.7. The molecule has 0 unspecified atom stereocenters. The van der Waals surface area contributed by atoms with Gasteiger partial charge in [-0.25, -0.2) is 19.9 Å². The van der Waals surface area contributed by atoms with E-state index in [1.54, 1.807) is 36.7 Å². The molecule has 12 heteroatoms. The number of carbonyl (C=O) groups excluding carboxylic acids is 2. The Morgan fingerprint density at radius 1 is 0.810 bits per heavy atom. The zero-order valence-corrected chi connectivity index (χ0v) is 31.9. The van der Waals surface area contributed by atoms with Gasteiger partial charge in [-0.1, -0.05) is 72.8 Å². The molecule has 2 aromatic heterocycles. The molecule has 58 heavy (non-hydrogen) atoms. The van der Waals surface area contributed by atoms with Gasteiger partial charge < -0.3 is 30.7 Å². The van der Waals surface area contributed by atoms with Crippen LogP contribution >= 0.6 is 0 Å². The predicted molar refractivity (Wildman–Crippen MR) is 228 cm³/mol. The zero-order valence-electron chi connectivity index (χ0n) is 31.9. The molecule has 6 aromatic rings. The number of nitrogens with one attached hydrogen (secondary N) is 4. The number of hydrogen-bond acceptors (Lipinski definition) is 10. The first-order chi connectivity index (χ1) is 28.5. The van der Waals surface area contributed by atoms with Gasteiger partial charge >= 0.3 is 0 Å². The minimum atomic E-state index is -0.153. The molecule has 292 valence electrons. The summed E-state index contributed by atoms with van der Waals surface area (Å²) >= 11 is 0. The minimum absolute atomic E-state index is 0.129. The Labute approximate surface area is 337 Å². The van der Waals surface area contributed by atoms with Crippen LogP contribution in [0.5, 0.6) is 0 Å². The lowest BCUT2D eigenvalue weighted by molar-refractivity contribution is 0.0950. The number of carbonyl (C=O) groups is 2. The van der Waals surface area contributed by atoms with Crippen LogP contribution in [0.15, 0.2) is 159 Å². The molecule has 0 atom stereocenters. The first kappa shape index (κ1) is 40.4. The molecular formula is C46H44N8O4. The summed E-state index contributed by atoms with van der Waals surface area (Å²) in [6, 6.07) is 34.2. The molecule has 3 heterocycles. The van der Waals surface area contributed by atoms with Crippen LogP contribution in [0.1, 0.15) is 31.8 Å². The Morgan fingerprint density at radius 3 is 2.45 bits per heavy atom. The molecule has 0 radical (unpaired) electrons. The second kappa shape index (κ2) is 21.1. The monoisotopic (exact) mass is 772 g/mol. The van der Waals surface area contributed by atoms with Crippen molar-refractivity contribution < 1.29 is 19.1 Å². The van der Waals surface area contributed by atoms with Crippen molar-refractivity contribution in [3.8, 4) is 22.5 Å². The number of nitrogens with zero attached hydrogens (tertiary/aromatic N) is 4. The number of anilines is 4. The summed E-state index contributed by atoms with van der Waals surface area (Å²) in [5, 5.41) is 12.1. The van der Waals surface area contributed by atoms with Crippen LogP contribution in [0.4, 0.5) is 23.3 Å². The average Bonchev–Trinajstić information content (AvgIpc) is 3.26. The van der Waals surface area contributed by atoms with Crippen molar-refractivity contribution in [3.63, 3.8) is 0 Å². The van der Waals surface area contributed by atoms with Gasteiger partial charge in [0.1, 0.15) is 0 Å². The van der Waals surface area contributed by atoms with Gasteiger partial charge in [-0.05, 0) is 71.8 Å². The number of benzene rings is 4. The Balaban J connectivity index is 0.000000196. The Morgan fingerprint density at radius 2 is 1.59 bits per heavy atom. The fraction of sp³-hybridized carbons (Fsp3) is 0.130. The lowest BCUT2D eigenvalue weighted by Crippen LogP contribution is -2.23. The maximum atomic E-state index is 12.4. The number of aromatic nitrogens is 4. The first-order valence-corrected chi connectivity index (χ1v) is 18.6. The average molecular weight is 773 g/mol. The van der Waals surface area contributed by atoms with Gasteiger partial charge in [-0.15, -0.1) is 13.2 Å². The molecule has 0 aliphatic carbocycles.